The minimum absolute atomic E-state index is 0.991. The van der Waals surface area contributed by atoms with Crippen LogP contribution in [0.5, 0.6) is 0 Å². The minimum atomic E-state index is 0.991. The largest absolute Gasteiger partial charge is 0.504 e. The van der Waals surface area contributed by atoms with Gasteiger partial charge >= 0.3 is 0 Å². The van der Waals surface area contributed by atoms with Crippen molar-refractivity contribution >= 4 is 0 Å². The summed E-state index contributed by atoms with van der Waals surface area (Å²) in [6.07, 6.45) is 9.16. The highest BCUT2D eigenvalue weighted by Crippen LogP contribution is 2.14. The van der Waals surface area contributed by atoms with E-state index in [2.05, 4.69) is 25.2 Å². The van der Waals surface area contributed by atoms with E-state index in [0.717, 1.165) is 6.42 Å². The summed E-state index contributed by atoms with van der Waals surface area (Å²) in [5, 5.41) is 0. The van der Waals surface area contributed by atoms with Crippen molar-refractivity contribution in [2.45, 2.75) is 13.3 Å². The third-order valence-electron chi connectivity index (χ3n) is 1.42. The minimum Gasteiger partial charge on any atom is -0.504 e. The molecule has 0 radical (unpaired) electrons. The molecular weight excluding hydrogens is 124 g/mol. The summed E-state index contributed by atoms with van der Waals surface area (Å²) >= 11 is 0. The third-order valence-corrected chi connectivity index (χ3v) is 1.42. The number of hydrogen-bond donors (Lipinski definition) is 0. The van der Waals surface area contributed by atoms with Gasteiger partial charge in [0.25, 0.3) is 0 Å². The molecule has 0 aromatic rings. The lowest BCUT2D eigenvalue weighted by molar-refractivity contribution is 0.334. The molecule has 0 heterocycles. The molecule has 1 nitrogen and oxygen atoms in total. The van der Waals surface area contributed by atoms with Gasteiger partial charge in [-0.15, -0.1) is 0 Å². The van der Waals surface area contributed by atoms with Gasteiger partial charge < -0.3 is 4.74 Å². The van der Waals surface area contributed by atoms with Crippen LogP contribution in [-0.4, -0.2) is 7.11 Å². The molecule has 0 fully saturated rings. The van der Waals surface area contributed by atoms with Gasteiger partial charge in [0.1, 0.15) is 0 Å². The maximum Gasteiger partial charge on any atom is 0.0859 e. The van der Waals surface area contributed by atoms with Crippen LogP contribution < -0.4 is 0 Å². The van der Waals surface area contributed by atoms with Crippen molar-refractivity contribution in [2.75, 3.05) is 7.11 Å². The fourth-order valence-electron chi connectivity index (χ4n) is 1.01. The van der Waals surface area contributed by atoms with E-state index in [1.807, 2.05) is 0 Å². The lowest BCUT2D eigenvalue weighted by Crippen LogP contribution is -1.85. The smallest absolute Gasteiger partial charge is 0.0859 e. The number of methoxy groups -OCH3 is 1. The van der Waals surface area contributed by atoms with Crippen molar-refractivity contribution in [3.8, 4) is 0 Å². The van der Waals surface area contributed by atoms with Crippen LogP contribution in [0, 0.1) is 0 Å². The summed E-state index contributed by atoms with van der Waals surface area (Å²) in [6, 6.07) is 0. The Bertz CT molecular complexity index is 197. The summed E-state index contributed by atoms with van der Waals surface area (Å²) in [4.78, 5) is 0. The Kier molecular flexibility index (Phi) is 2.32. The summed E-state index contributed by atoms with van der Waals surface area (Å²) < 4.78 is 4.89. The van der Waals surface area contributed by atoms with E-state index in [1.54, 1.807) is 13.4 Å². The van der Waals surface area contributed by atoms with Crippen molar-refractivity contribution in [3.63, 3.8) is 0 Å². The van der Waals surface area contributed by atoms with E-state index < -0.39 is 0 Å². The predicted molar refractivity (Wildman–Crippen MR) is 42.6 cm³/mol. The standard InChI is InChI=1S/C9H12O/c1-8-4-3-5-9(6-8)7-10-2/h3-4,6-7H,5H2,1-2H3. The Morgan fingerprint density at radius 1 is 1.60 bits per heavy atom. The average Bonchev–Trinajstić information content (AvgIpc) is 1.88. The summed E-state index contributed by atoms with van der Waals surface area (Å²) in [5.74, 6) is 0. The van der Waals surface area contributed by atoms with Gasteiger partial charge in [-0.3, -0.25) is 0 Å². The molecule has 0 aromatic heterocycles. The molecule has 1 heteroatoms. The molecule has 1 aliphatic rings. The molecule has 0 spiro atoms. The highest BCUT2D eigenvalue weighted by Gasteiger charge is 1.96. The topological polar surface area (TPSA) is 9.23 Å². The van der Waals surface area contributed by atoms with Crippen molar-refractivity contribution in [1.29, 1.82) is 0 Å². The maximum absolute atomic E-state index is 4.89. The Hall–Kier alpha value is -0.980. The zero-order valence-electron chi connectivity index (χ0n) is 6.42. The zero-order valence-corrected chi connectivity index (χ0v) is 6.42. The first-order valence-electron chi connectivity index (χ1n) is 3.39. The molecule has 10 heavy (non-hydrogen) atoms. The van der Waals surface area contributed by atoms with Gasteiger partial charge in [-0.25, -0.2) is 0 Å². The van der Waals surface area contributed by atoms with Crippen molar-refractivity contribution in [3.05, 3.63) is 35.6 Å². The first-order valence-corrected chi connectivity index (χ1v) is 3.39. The molecule has 0 bridgehead atoms. The molecule has 1 rings (SSSR count). The number of allylic oxidation sites excluding steroid dienone is 5. The summed E-state index contributed by atoms with van der Waals surface area (Å²) in [7, 11) is 1.68. The Labute approximate surface area is 61.7 Å². The second-order valence-electron chi connectivity index (χ2n) is 2.42. The number of ether oxygens (including phenoxy) is 1. The van der Waals surface area contributed by atoms with Gasteiger partial charge in [0.15, 0.2) is 0 Å². The Morgan fingerprint density at radius 2 is 2.40 bits per heavy atom. The second-order valence-corrected chi connectivity index (χ2v) is 2.42. The van der Waals surface area contributed by atoms with Gasteiger partial charge in [0.05, 0.1) is 13.4 Å². The van der Waals surface area contributed by atoms with Crippen LogP contribution in [0.3, 0.4) is 0 Å². The highest BCUT2D eigenvalue weighted by atomic mass is 16.5. The van der Waals surface area contributed by atoms with Crippen LogP contribution in [-0.2, 0) is 4.74 Å². The van der Waals surface area contributed by atoms with Crippen LogP contribution in [0.2, 0.25) is 0 Å². The predicted octanol–water partition coefficient (Wildman–Crippen LogP) is 2.42. The molecule has 1 aliphatic carbocycles. The molecule has 0 amide bonds. The van der Waals surface area contributed by atoms with Gasteiger partial charge in [-0.1, -0.05) is 23.8 Å². The molecule has 0 aliphatic heterocycles. The number of hydrogen-bond acceptors (Lipinski definition) is 1. The molecule has 54 valence electrons. The maximum atomic E-state index is 4.89. The Morgan fingerprint density at radius 3 is 3.00 bits per heavy atom. The highest BCUT2D eigenvalue weighted by molar-refractivity contribution is 5.34. The average molecular weight is 136 g/mol. The Balaban J connectivity index is 2.68. The quantitative estimate of drug-likeness (QED) is 0.503. The fraction of sp³-hybridized carbons (Fsp3) is 0.333. The second kappa shape index (κ2) is 3.25. The summed E-state index contributed by atoms with van der Waals surface area (Å²) in [6.45, 7) is 2.08. The summed E-state index contributed by atoms with van der Waals surface area (Å²) in [5.41, 5.74) is 2.53. The van der Waals surface area contributed by atoms with Gasteiger partial charge in [0, 0.05) is 0 Å². The van der Waals surface area contributed by atoms with E-state index in [9.17, 15) is 0 Å². The van der Waals surface area contributed by atoms with Gasteiger partial charge in [-0.2, -0.15) is 0 Å². The van der Waals surface area contributed by atoms with E-state index in [1.165, 1.54) is 11.1 Å². The SMILES string of the molecule is COC=C1C=C(C)C=CC1. The molecule has 0 N–H and O–H groups in total. The van der Waals surface area contributed by atoms with E-state index in [4.69, 9.17) is 4.74 Å². The molecular formula is C9H12O. The monoisotopic (exact) mass is 136 g/mol. The lowest BCUT2D eigenvalue weighted by atomic mass is 10.0. The van der Waals surface area contributed by atoms with E-state index in [0.29, 0.717) is 0 Å². The lowest BCUT2D eigenvalue weighted by Gasteiger charge is -2.04. The van der Waals surface area contributed by atoms with Gasteiger partial charge in [-0.05, 0) is 18.9 Å². The van der Waals surface area contributed by atoms with Crippen LogP contribution >= 0.6 is 0 Å². The molecule has 0 saturated carbocycles. The van der Waals surface area contributed by atoms with Crippen molar-refractivity contribution < 1.29 is 4.74 Å². The normalized spacial score (nSPS) is 21.0. The van der Waals surface area contributed by atoms with Crippen LogP contribution in [0.4, 0.5) is 0 Å². The zero-order chi connectivity index (χ0) is 7.40. The molecule has 0 atom stereocenters. The van der Waals surface area contributed by atoms with Crippen molar-refractivity contribution in [2.24, 2.45) is 0 Å². The molecule has 0 saturated heterocycles. The molecule has 0 unspecified atom stereocenters. The van der Waals surface area contributed by atoms with Crippen molar-refractivity contribution in [1.82, 2.24) is 0 Å². The van der Waals surface area contributed by atoms with Crippen LogP contribution in [0.1, 0.15) is 13.3 Å². The van der Waals surface area contributed by atoms with E-state index >= 15 is 0 Å². The third kappa shape index (κ3) is 1.76. The first kappa shape index (κ1) is 7.13. The number of rotatable bonds is 1. The van der Waals surface area contributed by atoms with Gasteiger partial charge in [0.2, 0.25) is 0 Å². The van der Waals surface area contributed by atoms with Crippen LogP contribution in [0.15, 0.2) is 35.6 Å². The fourth-order valence-corrected chi connectivity index (χ4v) is 1.01. The van der Waals surface area contributed by atoms with Crippen LogP contribution in [0.25, 0.3) is 0 Å². The molecule has 0 aromatic carbocycles. The first-order chi connectivity index (χ1) is 4.83. The van der Waals surface area contributed by atoms with E-state index in [-0.39, 0.29) is 0 Å².